The van der Waals surface area contributed by atoms with Crippen LogP contribution < -0.4 is 0 Å². The van der Waals surface area contributed by atoms with Gasteiger partial charge in [-0.25, -0.2) is 4.98 Å². The molecule has 22 heavy (non-hydrogen) atoms. The van der Waals surface area contributed by atoms with Crippen molar-refractivity contribution in [2.75, 3.05) is 0 Å². The molecule has 1 aliphatic heterocycles. The monoisotopic (exact) mass is 298 g/mol. The van der Waals surface area contributed by atoms with Crippen LogP contribution in [0.3, 0.4) is 0 Å². The van der Waals surface area contributed by atoms with Crippen molar-refractivity contribution in [2.45, 2.75) is 46.3 Å². The Balaban J connectivity index is 2.08. The summed E-state index contributed by atoms with van der Waals surface area (Å²) in [5, 5.41) is 10.9. The van der Waals surface area contributed by atoms with Crippen LogP contribution in [0.25, 0.3) is 11.3 Å². The lowest BCUT2D eigenvalue weighted by Gasteiger charge is -2.33. The first-order chi connectivity index (χ1) is 10.5. The summed E-state index contributed by atoms with van der Waals surface area (Å²) in [5.41, 5.74) is 3.75. The second-order valence-corrected chi connectivity index (χ2v) is 7.25. The number of benzene rings is 1. The van der Waals surface area contributed by atoms with Gasteiger partial charge in [0.05, 0.1) is 30.4 Å². The standard InChI is InChI=1S/C19H26N2O/c1-12(2)9-16(19(22)13(3)4)18-15-8-6-5-7-14(15)17-10-20-11-21(17)18/h5-8,10-13,16,18-19,22H,9H2,1-4H3/t16-,18-,19?/m1/s1. The molecule has 0 aliphatic carbocycles. The van der Waals surface area contributed by atoms with Crippen LogP contribution in [-0.2, 0) is 0 Å². The Morgan fingerprint density at radius 1 is 1.18 bits per heavy atom. The number of rotatable bonds is 5. The minimum absolute atomic E-state index is 0.188. The molecule has 0 spiro atoms. The second-order valence-electron chi connectivity index (χ2n) is 7.25. The number of fused-ring (bicyclic) bond motifs is 3. The third-order valence-electron chi connectivity index (χ3n) is 4.79. The van der Waals surface area contributed by atoms with Gasteiger partial charge < -0.3 is 9.67 Å². The summed E-state index contributed by atoms with van der Waals surface area (Å²) in [6.07, 6.45) is 4.55. The SMILES string of the molecule is CC(C)C[C@@H](C(O)C(C)C)[C@H]1c2ccccc2-c2cncn21. The van der Waals surface area contributed by atoms with Crippen molar-refractivity contribution in [1.29, 1.82) is 0 Å². The van der Waals surface area contributed by atoms with Crippen molar-refractivity contribution in [3.05, 3.63) is 42.4 Å². The molecule has 0 bridgehead atoms. The highest BCUT2D eigenvalue weighted by Crippen LogP contribution is 2.46. The molecule has 1 aliphatic rings. The molecule has 3 atom stereocenters. The van der Waals surface area contributed by atoms with Crippen LogP contribution in [-0.4, -0.2) is 20.8 Å². The largest absolute Gasteiger partial charge is 0.392 e. The van der Waals surface area contributed by atoms with Crippen molar-refractivity contribution < 1.29 is 5.11 Å². The molecule has 0 radical (unpaired) electrons. The van der Waals surface area contributed by atoms with E-state index >= 15 is 0 Å². The predicted molar refractivity (Wildman–Crippen MR) is 89.6 cm³/mol. The number of imidazole rings is 1. The molecule has 0 saturated heterocycles. The van der Waals surface area contributed by atoms with Crippen LogP contribution in [0, 0.1) is 17.8 Å². The average molecular weight is 298 g/mol. The van der Waals surface area contributed by atoms with E-state index in [1.807, 2.05) is 12.5 Å². The van der Waals surface area contributed by atoms with Gasteiger partial charge in [0.15, 0.2) is 0 Å². The first-order valence-corrected chi connectivity index (χ1v) is 8.30. The normalized spacial score (nSPS) is 19.3. The average Bonchev–Trinajstić information content (AvgIpc) is 3.04. The third kappa shape index (κ3) is 2.48. The molecule has 3 heteroatoms. The van der Waals surface area contributed by atoms with E-state index in [0.717, 1.165) is 6.42 Å². The molecule has 2 aromatic rings. The van der Waals surface area contributed by atoms with Gasteiger partial charge in [-0.1, -0.05) is 52.0 Å². The van der Waals surface area contributed by atoms with Gasteiger partial charge in [0.1, 0.15) is 0 Å². The highest BCUT2D eigenvalue weighted by molar-refractivity contribution is 5.69. The maximum atomic E-state index is 10.9. The minimum atomic E-state index is -0.311. The first kappa shape index (κ1) is 15.3. The van der Waals surface area contributed by atoms with Crippen molar-refractivity contribution in [3.8, 4) is 11.3 Å². The van der Waals surface area contributed by atoms with E-state index in [9.17, 15) is 5.11 Å². The fourth-order valence-electron chi connectivity index (χ4n) is 3.80. The Labute approximate surface area is 133 Å². The van der Waals surface area contributed by atoms with Gasteiger partial charge in [0.25, 0.3) is 0 Å². The molecule has 3 rings (SSSR count). The molecular formula is C19H26N2O. The topological polar surface area (TPSA) is 38.1 Å². The Kier molecular flexibility index (Phi) is 4.09. The molecule has 0 fully saturated rings. The van der Waals surface area contributed by atoms with Crippen LogP contribution >= 0.6 is 0 Å². The molecule has 1 aromatic heterocycles. The Morgan fingerprint density at radius 3 is 2.59 bits per heavy atom. The summed E-state index contributed by atoms with van der Waals surface area (Å²) in [4.78, 5) is 4.34. The molecule has 118 valence electrons. The van der Waals surface area contributed by atoms with Crippen molar-refractivity contribution in [3.63, 3.8) is 0 Å². The quantitative estimate of drug-likeness (QED) is 0.901. The molecule has 0 amide bonds. The van der Waals surface area contributed by atoms with E-state index in [1.54, 1.807) is 0 Å². The zero-order valence-corrected chi connectivity index (χ0v) is 13.9. The van der Waals surface area contributed by atoms with E-state index in [2.05, 4.69) is 61.5 Å². The van der Waals surface area contributed by atoms with Crippen LogP contribution in [0.2, 0.25) is 0 Å². The molecule has 3 nitrogen and oxygen atoms in total. The van der Waals surface area contributed by atoms with E-state index in [0.29, 0.717) is 5.92 Å². The van der Waals surface area contributed by atoms with E-state index in [1.165, 1.54) is 16.8 Å². The summed E-state index contributed by atoms with van der Waals surface area (Å²) >= 11 is 0. The number of aliphatic hydroxyl groups is 1. The smallest absolute Gasteiger partial charge is 0.0956 e. The summed E-state index contributed by atoms with van der Waals surface area (Å²) in [6, 6.07) is 8.73. The van der Waals surface area contributed by atoms with Crippen molar-refractivity contribution in [1.82, 2.24) is 9.55 Å². The summed E-state index contributed by atoms with van der Waals surface area (Å²) in [6.45, 7) is 8.67. The number of aliphatic hydroxyl groups excluding tert-OH is 1. The summed E-state index contributed by atoms with van der Waals surface area (Å²) in [7, 11) is 0. The maximum absolute atomic E-state index is 10.9. The minimum Gasteiger partial charge on any atom is -0.392 e. The molecule has 1 unspecified atom stereocenters. The molecule has 1 aromatic carbocycles. The lowest BCUT2D eigenvalue weighted by molar-refractivity contribution is 0.0364. The maximum Gasteiger partial charge on any atom is 0.0956 e. The number of hydrogen-bond donors (Lipinski definition) is 1. The van der Waals surface area contributed by atoms with Crippen LogP contribution in [0.5, 0.6) is 0 Å². The zero-order chi connectivity index (χ0) is 15.9. The van der Waals surface area contributed by atoms with Gasteiger partial charge in [-0.2, -0.15) is 0 Å². The molecule has 2 heterocycles. The number of hydrogen-bond acceptors (Lipinski definition) is 2. The molecule has 1 N–H and O–H groups in total. The van der Waals surface area contributed by atoms with Gasteiger partial charge >= 0.3 is 0 Å². The molecule has 0 saturated carbocycles. The summed E-state index contributed by atoms with van der Waals surface area (Å²) in [5.74, 6) is 1.01. The number of nitrogens with zero attached hydrogens (tertiary/aromatic N) is 2. The Hall–Kier alpha value is -1.61. The van der Waals surface area contributed by atoms with E-state index in [4.69, 9.17) is 0 Å². The zero-order valence-electron chi connectivity index (χ0n) is 13.9. The highest BCUT2D eigenvalue weighted by Gasteiger charge is 2.38. The van der Waals surface area contributed by atoms with Crippen LogP contribution in [0.1, 0.15) is 45.7 Å². The Bertz CT molecular complexity index is 644. The van der Waals surface area contributed by atoms with E-state index in [-0.39, 0.29) is 24.0 Å². The van der Waals surface area contributed by atoms with Crippen LogP contribution in [0.15, 0.2) is 36.8 Å². The lowest BCUT2D eigenvalue weighted by atomic mass is 9.79. The predicted octanol–water partition coefficient (Wildman–Crippen LogP) is 4.13. The van der Waals surface area contributed by atoms with Crippen LogP contribution in [0.4, 0.5) is 0 Å². The highest BCUT2D eigenvalue weighted by atomic mass is 16.3. The fourth-order valence-corrected chi connectivity index (χ4v) is 3.80. The molecular weight excluding hydrogens is 272 g/mol. The van der Waals surface area contributed by atoms with E-state index < -0.39 is 0 Å². The van der Waals surface area contributed by atoms with Gasteiger partial charge in [-0.3, -0.25) is 0 Å². The lowest BCUT2D eigenvalue weighted by Crippen LogP contribution is -2.34. The third-order valence-corrected chi connectivity index (χ3v) is 4.79. The number of aromatic nitrogens is 2. The van der Waals surface area contributed by atoms with Gasteiger partial charge in [-0.05, 0) is 23.8 Å². The summed E-state index contributed by atoms with van der Waals surface area (Å²) < 4.78 is 2.25. The van der Waals surface area contributed by atoms with Crippen molar-refractivity contribution in [2.24, 2.45) is 17.8 Å². The van der Waals surface area contributed by atoms with Gasteiger partial charge in [0, 0.05) is 11.5 Å². The first-order valence-electron chi connectivity index (χ1n) is 8.30. The second kappa shape index (κ2) is 5.88. The van der Waals surface area contributed by atoms with Gasteiger partial charge in [-0.15, -0.1) is 0 Å². The Morgan fingerprint density at radius 2 is 1.91 bits per heavy atom. The van der Waals surface area contributed by atoms with Crippen molar-refractivity contribution >= 4 is 0 Å². The van der Waals surface area contributed by atoms with Gasteiger partial charge in [0.2, 0.25) is 0 Å². The fraction of sp³-hybridized carbons (Fsp3) is 0.526.